The van der Waals surface area contributed by atoms with E-state index in [1.165, 1.54) is 32.1 Å². The summed E-state index contributed by atoms with van der Waals surface area (Å²) in [6.07, 6.45) is 6.47. The molecule has 1 amide bonds. The first-order chi connectivity index (χ1) is 9.08. The normalized spacial score (nSPS) is 16.4. The van der Waals surface area contributed by atoms with Crippen LogP contribution in [-0.2, 0) is 0 Å². The Labute approximate surface area is 133 Å². The first kappa shape index (κ1) is 15.1. The molecule has 1 aliphatic carbocycles. The molecule has 0 spiro atoms. The van der Waals surface area contributed by atoms with Gasteiger partial charge < -0.3 is 4.90 Å². The van der Waals surface area contributed by atoms with Crippen LogP contribution in [0.3, 0.4) is 0 Å². The van der Waals surface area contributed by atoms with Crippen molar-refractivity contribution in [2.24, 2.45) is 5.92 Å². The highest BCUT2D eigenvalue weighted by Crippen LogP contribution is 2.25. The van der Waals surface area contributed by atoms with Gasteiger partial charge in [-0.1, -0.05) is 30.9 Å². The number of benzene rings is 1. The van der Waals surface area contributed by atoms with E-state index in [0.717, 1.165) is 10.1 Å². The van der Waals surface area contributed by atoms with Crippen LogP contribution >= 0.6 is 34.2 Å². The van der Waals surface area contributed by atoms with Crippen LogP contribution in [0.5, 0.6) is 0 Å². The van der Waals surface area contributed by atoms with Crippen molar-refractivity contribution in [2.45, 2.75) is 32.1 Å². The molecule has 0 unspecified atom stereocenters. The molecule has 2 nitrogen and oxygen atoms in total. The SMILES string of the molecule is CN(CC1CCCCC1)C(=O)c1cc(Cl)ccc1I. The third-order valence-corrected chi connectivity index (χ3v) is 4.94. The highest BCUT2D eigenvalue weighted by atomic mass is 127. The van der Waals surface area contributed by atoms with Gasteiger partial charge in [-0.15, -0.1) is 0 Å². The van der Waals surface area contributed by atoms with E-state index >= 15 is 0 Å². The Morgan fingerprint density at radius 3 is 2.74 bits per heavy atom. The first-order valence-corrected chi connectivity index (χ1v) is 8.24. The molecule has 1 fully saturated rings. The summed E-state index contributed by atoms with van der Waals surface area (Å²) in [6, 6.07) is 5.48. The van der Waals surface area contributed by atoms with E-state index in [0.29, 0.717) is 16.5 Å². The van der Waals surface area contributed by atoms with Crippen LogP contribution in [-0.4, -0.2) is 24.4 Å². The van der Waals surface area contributed by atoms with Crippen LogP contribution in [0.2, 0.25) is 5.02 Å². The highest BCUT2D eigenvalue weighted by molar-refractivity contribution is 14.1. The van der Waals surface area contributed by atoms with Crippen molar-refractivity contribution in [1.29, 1.82) is 0 Å². The van der Waals surface area contributed by atoms with Crippen LogP contribution in [0.15, 0.2) is 18.2 Å². The van der Waals surface area contributed by atoms with Gasteiger partial charge in [0.1, 0.15) is 0 Å². The fourth-order valence-corrected chi connectivity index (χ4v) is 3.45. The summed E-state index contributed by atoms with van der Waals surface area (Å²) in [5.41, 5.74) is 0.714. The van der Waals surface area contributed by atoms with Crippen molar-refractivity contribution in [3.05, 3.63) is 32.4 Å². The Hall–Kier alpha value is -0.290. The number of nitrogens with zero attached hydrogens (tertiary/aromatic N) is 1. The van der Waals surface area contributed by atoms with Crippen LogP contribution < -0.4 is 0 Å². The minimum atomic E-state index is 0.0810. The highest BCUT2D eigenvalue weighted by Gasteiger charge is 2.20. The standard InChI is InChI=1S/C15H19ClINO/c1-18(10-11-5-3-2-4-6-11)15(19)13-9-12(16)7-8-14(13)17/h7-9,11H,2-6,10H2,1H3. The molecule has 1 saturated carbocycles. The summed E-state index contributed by atoms with van der Waals surface area (Å²) in [6.45, 7) is 0.863. The molecule has 0 atom stereocenters. The molecule has 1 aromatic rings. The monoisotopic (exact) mass is 391 g/mol. The van der Waals surface area contributed by atoms with Crippen LogP contribution in [0.25, 0.3) is 0 Å². The summed E-state index contributed by atoms with van der Waals surface area (Å²) in [4.78, 5) is 14.3. The van der Waals surface area contributed by atoms with Crippen LogP contribution in [0.4, 0.5) is 0 Å². The molecule has 0 radical (unpaired) electrons. The van der Waals surface area contributed by atoms with Gasteiger partial charge in [-0.05, 0) is 59.5 Å². The molecule has 4 heteroatoms. The lowest BCUT2D eigenvalue weighted by molar-refractivity contribution is 0.0759. The second kappa shape index (κ2) is 6.93. The Morgan fingerprint density at radius 1 is 1.37 bits per heavy atom. The number of halogens is 2. The molecule has 1 aliphatic rings. The molecule has 2 rings (SSSR count). The average Bonchev–Trinajstić information content (AvgIpc) is 2.42. The third kappa shape index (κ3) is 4.09. The van der Waals surface area contributed by atoms with Gasteiger partial charge in [-0.3, -0.25) is 4.79 Å². The zero-order valence-corrected chi connectivity index (χ0v) is 14.1. The van der Waals surface area contributed by atoms with Gasteiger partial charge in [0.25, 0.3) is 5.91 Å². The summed E-state index contributed by atoms with van der Waals surface area (Å²) in [5.74, 6) is 0.747. The lowest BCUT2D eigenvalue weighted by Crippen LogP contribution is -2.33. The third-order valence-electron chi connectivity index (χ3n) is 3.76. The summed E-state index contributed by atoms with van der Waals surface area (Å²) < 4.78 is 0.961. The van der Waals surface area contributed by atoms with Gasteiger partial charge in [0, 0.05) is 22.2 Å². The number of hydrogen-bond acceptors (Lipinski definition) is 1. The lowest BCUT2D eigenvalue weighted by Gasteiger charge is -2.27. The summed E-state index contributed by atoms with van der Waals surface area (Å²) in [5, 5.41) is 0.620. The van der Waals surface area contributed by atoms with E-state index in [9.17, 15) is 4.79 Å². The van der Waals surface area contributed by atoms with Gasteiger partial charge in [-0.2, -0.15) is 0 Å². The Balaban J connectivity index is 2.03. The molecular weight excluding hydrogens is 373 g/mol. The van der Waals surface area contributed by atoms with Gasteiger partial charge in [0.05, 0.1) is 5.56 Å². The summed E-state index contributed by atoms with van der Waals surface area (Å²) in [7, 11) is 1.90. The molecule has 0 bridgehead atoms. The first-order valence-electron chi connectivity index (χ1n) is 6.78. The average molecular weight is 392 g/mol. The fraction of sp³-hybridized carbons (Fsp3) is 0.533. The number of carbonyl (C=O) groups is 1. The minimum Gasteiger partial charge on any atom is -0.341 e. The number of rotatable bonds is 3. The van der Waals surface area contributed by atoms with E-state index < -0.39 is 0 Å². The Morgan fingerprint density at radius 2 is 2.05 bits per heavy atom. The zero-order valence-electron chi connectivity index (χ0n) is 11.2. The molecular formula is C15H19ClINO. The maximum absolute atomic E-state index is 12.5. The predicted octanol–water partition coefficient (Wildman–Crippen LogP) is 4.60. The Kier molecular flexibility index (Phi) is 5.51. The topological polar surface area (TPSA) is 20.3 Å². The molecule has 0 heterocycles. The van der Waals surface area contributed by atoms with Crippen molar-refractivity contribution in [2.75, 3.05) is 13.6 Å². The number of hydrogen-bond donors (Lipinski definition) is 0. The second-order valence-corrected chi connectivity index (χ2v) is 6.91. The Bertz CT molecular complexity index is 457. The molecule has 0 aliphatic heterocycles. The van der Waals surface area contributed by atoms with Crippen molar-refractivity contribution < 1.29 is 4.79 Å². The van der Waals surface area contributed by atoms with Crippen molar-refractivity contribution in [1.82, 2.24) is 4.90 Å². The van der Waals surface area contributed by atoms with E-state index in [-0.39, 0.29) is 5.91 Å². The van der Waals surface area contributed by atoms with Crippen molar-refractivity contribution in [3.8, 4) is 0 Å². The number of carbonyl (C=O) groups excluding carboxylic acids is 1. The molecule has 1 aromatic carbocycles. The summed E-state index contributed by atoms with van der Waals surface area (Å²) >= 11 is 8.17. The van der Waals surface area contributed by atoms with Crippen molar-refractivity contribution >= 4 is 40.1 Å². The van der Waals surface area contributed by atoms with Gasteiger partial charge in [0.2, 0.25) is 0 Å². The van der Waals surface area contributed by atoms with E-state index in [1.807, 2.05) is 24.1 Å². The van der Waals surface area contributed by atoms with Crippen LogP contribution in [0.1, 0.15) is 42.5 Å². The molecule has 0 aromatic heterocycles. The van der Waals surface area contributed by atoms with Crippen LogP contribution in [0, 0.1) is 9.49 Å². The minimum absolute atomic E-state index is 0.0810. The second-order valence-electron chi connectivity index (χ2n) is 5.31. The largest absolute Gasteiger partial charge is 0.341 e. The molecule has 19 heavy (non-hydrogen) atoms. The smallest absolute Gasteiger partial charge is 0.254 e. The molecule has 0 N–H and O–H groups in total. The van der Waals surface area contributed by atoms with Gasteiger partial charge in [-0.25, -0.2) is 0 Å². The molecule has 0 saturated heterocycles. The quantitative estimate of drug-likeness (QED) is 0.690. The fourth-order valence-electron chi connectivity index (χ4n) is 2.71. The zero-order chi connectivity index (χ0) is 13.8. The molecule has 104 valence electrons. The van der Waals surface area contributed by atoms with Gasteiger partial charge in [0.15, 0.2) is 0 Å². The van der Waals surface area contributed by atoms with E-state index in [4.69, 9.17) is 11.6 Å². The van der Waals surface area contributed by atoms with Crippen molar-refractivity contribution in [3.63, 3.8) is 0 Å². The maximum Gasteiger partial charge on any atom is 0.254 e. The van der Waals surface area contributed by atoms with E-state index in [1.54, 1.807) is 6.07 Å². The van der Waals surface area contributed by atoms with E-state index in [2.05, 4.69) is 22.6 Å². The predicted molar refractivity (Wildman–Crippen MR) is 87.7 cm³/mol. The maximum atomic E-state index is 12.5. The van der Waals surface area contributed by atoms with Gasteiger partial charge >= 0.3 is 0 Å². The lowest BCUT2D eigenvalue weighted by atomic mass is 9.89. The number of amides is 1.